The van der Waals surface area contributed by atoms with Gasteiger partial charge in [0.05, 0.1) is 28.3 Å². The maximum Gasteiger partial charge on any atom is 0.271 e. The SMILES string of the molecule is O=C(Nc1cccc(Cl)c1F)C1=NN([C@H]2CCS(=O)(=O)C2)C(=O)CC1. The summed E-state index contributed by atoms with van der Waals surface area (Å²) in [5.41, 5.74) is -0.0460. The molecule has 2 amide bonds. The third-order valence-electron chi connectivity index (χ3n) is 4.08. The number of rotatable bonds is 3. The molecule has 0 aromatic heterocycles. The third kappa shape index (κ3) is 3.82. The Kier molecular flexibility index (Phi) is 4.79. The number of carbonyl (C=O) groups excluding carboxylic acids is 2. The minimum atomic E-state index is -3.19. The summed E-state index contributed by atoms with van der Waals surface area (Å²) in [6, 6.07) is 3.63. The minimum Gasteiger partial charge on any atom is -0.318 e. The van der Waals surface area contributed by atoms with Gasteiger partial charge in [0, 0.05) is 12.8 Å². The molecule has 1 aromatic rings. The molecule has 2 aliphatic rings. The van der Waals surface area contributed by atoms with Crippen molar-refractivity contribution in [3.05, 3.63) is 29.0 Å². The van der Waals surface area contributed by atoms with Gasteiger partial charge in [-0.05, 0) is 18.6 Å². The zero-order chi connectivity index (χ0) is 18.2. The normalized spacial score (nSPS) is 22.6. The van der Waals surface area contributed by atoms with Gasteiger partial charge in [0.25, 0.3) is 5.91 Å². The van der Waals surface area contributed by atoms with Crippen LogP contribution in [0.2, 0.25) is 5.02 Å². The van der Waals surface area contributed by atoms with Crippen LogP contribution in [0.5, 0.6) is 0 Å². The van der Waals surface area contributed by atoms with Gasteiger partial charge in [-0.1, -0.05) is 17.7 Å². The first-order valence-corrected chi connectivity index (χ1v) is 9.82. The lowest BCUT2D eigenvalue weighted by molar-refractivity contribution is -0.133. The number of hydrogen-bond acceptors (Lipinski definition) is 5. The van der Waals surface area contributed by atoms with Crippen LogP contribution in [0.25, 0.3) is 0 Å². The number of nitrogens with one attached hydrogen (secondary N) is 1. The van der Waals surface area contributed by atoms with Gasteiger partial charge in [-0.2, -0.15) is 5.10 Å². The average Bonchev–Trinajstić information content (AvgIpc) is 2.92. The van der Waals surface area contributed by atoms with Crippen molar-refractivity contribution in [3.63, 3.8) is 0 Å². The monoisotopic (exact) mass is 387 g/mol. The second kappa shape index (κ2) is 6.72. The highest BCUT2D eigenvalue weighted by Crippen LogP contribution is 2.24. The molecule has 1 saturated heterocycles. The van der Waals surface area contributed by atoms with E-state index in [1.165, 1.54) is 18.2 Å². The standard InChI is InChI=1S/C15H15ClFN3O4S/c16-10-2-1-3-11(14(10)17)18-15(22)12-4-5-13(21)20(19-12)9-6-7-25(23,24)8-9/h1-3,9H,4-8H2,(H,18,22)/t9-/m0/s1. The minimum absolute atomic E-state index is 0.00772. The number of benzene rings is 1. The van der Waals surface area contributed by atoms with Crippen LogP contribution in [0.4, 0.5) is 10.1 Å². The molecule has 0 saturated carbocycles. The maximum absolute atomic E-state index is 13.9. The molecule has 0 radical (unpaired) electrons. The van der Waals surface area contributed by atoms with E-state index in [0.717, 1.165) is 5.01 Å². The van der Waals surface area contributed by atoms with E-state index >= 15 is 0 Å². The predicted octanol–water partition coefficient (Wildman–Crippen LogP) is 1.58. The lowest BCUT2D eigenvalue weighted by Gasteiger charge is -2.27. The Morgan fingerprint density at radius 3 is 2.80 bits per heavy atom. The van der Waals surface area contributed by atoms with Gasteiger partial charge in [-0.3, -0.25) is 9.59 Å². The highest BCUT2D eigenvalue weighted by atomic mass is 35.5. The fourth-order valence-electron chi connectivity index (χ4n) is 2.78. The van der Waals surface area contributed by atoms with E-state index in [0.29, 0.717) is 0 Å². The summed E-state index contributed by atoms with van der Waals surface area (Å²) in [6.45, 7) is 0. The van der Waals surface area contributed by atoms with Gasteiger partial charge < -0.3 is 5.32 Å². The van der Waals surface area contributed by atoms with Crippen molar-refractivity contribution < 1.29 is 22.4 Å². The second-order valence-electron chi connectivity index (χ2n) is 5.90. The smallest absolute Gasteiger partial charge is 0.271 e. The van der Waals surface area contributed by atoms with Gasteiger partial charge in [0.2, 0.25) is 5.91 Å². The Morgan fingerprint density at radius 1 is 1.36 bits per heavy atom. The van der Waals surface area contributed by atoms with Gasteiger partial charge >= 0.3 is 0 Å². The molecule has 134 valence electrons. The van der Waals surface area contributed by atoms with Crippen molar-refractivity contribution in [2.24, 2.45) is 5.10 Å². The highest BCUT2D eigenvalue weighted by Gasteiger charge is 2.37. The number of hydrogen-bond donors (Lipinski definition) is 1. The largest absolute Gasteiger partial charge is 0.318 e. The fourth-order valence-corrected chi connectivity index (χ4v) is 4.65. The molecule has 10 heteroatoms. The van der Waals surface area contributed by atoms with Crippen molar-refractivity contribution in [3.8, 4) is 0 Å². The number of halogens is 2. The predicted molar refractivity (Wildman–Crippen MR) is 90.6 cm³/mol. The molecule has 1 N–H and O–H groups in total. The van der Waals surface area contributed by atoms with Gasteiger partial charge in [0.15, 0.2) is 15.7 Å². The first-order valence-electron chi connectivity index (χ1n) is 7.62. The first-order chi connectivity index (χ1) is 11.8. The van der Waals surface area contributed by atoms with Crippen LogP contribution >= 0.6 is 11.6 Å². The van der Waals surface area contributed by atoms with Crippen LogP contribution in [0, 0.1) is 5.82 Å². The summed E-state index contributed by atoms with van der Waals surface area (Å²) in [5, 5.41) is 7.36. The zero-order valence-electron chi connectivity index (χ0n) is 13.0. The van der Waals surface area contributed by atoms with E-state index in [9.17, 15) is 22.4 Å². The van der Waals surface area contributed by atoms with Crippen LogP contribution in [0.15, 0.2) is 23.3 Å². The maximum atomic E-state index is 13.9. The Morgan fingerprint density at radius 2 is 2.12 bits per heavy atom. The summed E-state index contributed by atoms with van der Waals surface area (Å²) in [4.78, 5) is 24.4. The number of sulfone groups is 1. The average molecular weight is 388 g/mol. The number of nitrogens with zero attached hydrogens (tertiary/aromatic N) is 2. The quantitative estimate of drug-likeness (QED) is 0.851. The molecule has 0 aliphatic carbocycles. The summed E-state index contributed by atoms with van der Waals surface area (Å²) < 4.78 is 37.1. The van der Waals surface area contributed by atoms with E-state index in [4.69, 9.17) is 11.6 Å². The van der Waals surface area contributed by atoms with Gasteiger partial charge in [-0.15, -0.1) is 0 Å². The van der Waals surface area contributed by atoms with E-state index in [-0.39, 0.29) is 53.1 Å². The molecule has 2 heterocycles. The Balaban J connectivity index is 1.79. The van der Waals surface area contributed by atoms with Crippen molar-refractivity contribution >= 4 is 44.7 Å². The van der Waals surface area contributed by atoms with Crippen LogP contribution in [-0.4, -0.2) is 48.5 Å². The zero-order valence-corrected chi connectivity index (χ0v) is 14.6. The summed E-state index contributed by atoms with van der Waals surface area (Å²) in [6.07, 6.45) is 0.430. The molecule has 1 aromatic carbocycles. The lowest BCUT2D eigenvalue weighted by atomic mass is 10.1. The van der Waals surface area contributed by atoms with Crippen molar-refractivity contribution in [1.29, 1.82) is 0 Å². The molecule has 0 bridgehead atoms. The van der Waals surface area contributed by atoms with Gasteiger partial charge in [0.1, 0.15) is 5.71 Å². The van der Waals surface area contributed by atoms with Gasteiger partial charge in [-0.25, -0.2) is 17.8 Å². The van der Waals surface area contributed by atoms with Crippen molar-refractivity contribution in [1.82, 2.24) is 5.01 Å². The van der Waals surface area contributed by atoms with Crippen molar-refractivity contribution in [2.45, 2.75) is 25.3 Å². The lowest BCUT2D eigenvalue weighted by Crippen LogP contribution is -2.42. The van der Waals surface area contributed by atoms with Crippen molar-refractivity contribution in [2.75, 3.05) is 16.8 Å². The molecule has 0 spiro atoms. The molecule has 1 atom stereocenters. The third-order valence-corrected chi connectivity index (χ3v) is 6.12. The summed E-state index contributed by atoms with van der Waals surface area (Å²) in [7, 11) is -3.19. The second-order valence-corrected chi connectivity index (χ2v) is 8.53. The topological polar surface area (TPSA) is 95.9 Å². The molecule has 0 unspecified atom stereocenters. The van der Waals surface area contributed by atoms with E-state index in [2.05, 4.69) is 10.4 Å². The fraction of sp³-hybridized carbons (Fsp3) is 0.400. The highest BCUT2D eigenvalue weighted by molar-refractivity contribution is 7.91. The number of carbonyl (C=O) groups is 2. The number of hydrazone groups is 1. The molecule has 1 fully saturated rings. The summed E-state index contributed by atoms with van der Waals surface area (Å²) in [5.74, 6) is -1.91. The summed E-state index contributed by atoms with van der Waals surface area (Å²) >= 11 is 5.67. The van der Waals surface area contributed by atoms with E-state index in [1.807, 2.05) is 0 Å². The Labute approximate surface area is 148 Å². The Bertz CT molecular complexity index is 872. The molecular weight excluding hydrogens is 373 g/mol. The molecule has 7 nitrogen and oxygen atoms in total. The van der Waals surface area contributed by atoms with Crippen LogP contribution in [0.1, 0.15) is 19.3 Å². The van der Waals surface area contributed by atoms with E-state index in [1.54, 1.807) is 0 Å². The first kappa shape index (κ1) is 17.8. The molecule has 2 aliphatic heterocycles. The van der Waals surface area contributed by atoms with E-state index < -0.39 is 27.6 Å². The van der Waals surface area contributed by atoms with Crippen LogP contribution < -0.4 is 5.32 Å². The van der Waals surface area contributed by atoms with Crippen LogP contribution in [0.3, 0.4) is 0 Å². The van der Waals surface area contributed by atoms with Crippen LogP contribution in [-0.2, 0) is 19.4 Å². The Hall–Kier alpha value is -2.00. The molecular formula is C15H15ClFN3O4S. The number of amides is 2. The molecule has 3 rings (SSSR count). The molecule has 25 heavy (non-hydrogen) atoms. The number of anilines is 1.